The molecule has 1 N–H and O–H groups in total. The summed E-state index contributed by atoms with van der Waals surface area (Å²) < 4.78 is 12.3. The Balaban J connectivity index is 1.36. The standard InChI is InChI=1S/C21H21N3O4/c1-27-16-7-6-15-8-14(12-28-19(15)9-16)10-22-20(25)11-24-13-23-18-5-3-2-4-17(18)21(24)26/h2-7,9,13-14H,8,10-12H2,1H3,(H,22,25). The molecule has 0 spiro atoms. The summed E-state index contributed by atoms with van der Waals surface area (Å²) in [6, 6.07) is 12.9. The van der Waals surface area contributed by atoms with Crippen LogP contribution in [0.15, 0.2) is 53.6 Å². The van der Waals surface area contributed by atoms with Crippen LogP contribution < -0.4 is 20.3 Å². The number of aromatic nitrogens is 2. The monoisotopic (exact) mass is 379 g/mol. The summed E-state index contributed by atoms with van der Waals surface area (Å²) in [5.74, 6) is 1.55. The van der Waals surface area contributed by atoms with Crippen molar-refractivity contribution in [3.63, 3.8) is 0 Å². The van der Waals surface area contributed by atoms with Crippen molar-refractivity contribution in [1.82, 2.24) is 14.9 Å². The maximum absolute atomic E-state index is 12.5. The van der Waals surface area contributed by atoms with Gasteiger partial charge in [-0.1, -0.05) is 18.2 Å². The van der Waals surface area contributed by atoms with Crippen molar-refractivity contribution >= 4 is 16.8 Å². The minimum atomic E-state index is -0.222. The van der Waals surface area contributed by atoms with Crippen LogP contribution in [0, 0.1) is 5.92 Å². The molecule has 0 aliphatic carbocycles. The van der Waals surface area contributed by atoms with Gasteiger partial charge in [0.05, 0.1) is 30.9 Å². The van der Waals surface area contributed by atoms with E-state index in [4.69, 9.17) is 9.47 Å². The van der Waals surface area contributed by atoms with Gasteiger partial charge in [0.15, 0.2) is 0 Å². The van der Waals surface area contributed by atoms with Crippen LogP contribution in [-0.4, -0.2) is 35.7 Å². The van der Waals surface area contributed by atoms with E-state index in [0.717, 1.165) is 23.5 Å². The number of hydrogen-bond donors (Lipinski definition) is 1. The van der Waals surface area contributed by atoms with Crippen LogP contribution in [0.3, 0.4) is 0 Å². The lowest BCUT2D eigenvalue weighted by Gasteiger charge is -2.25. The molecule has 0 radical (unpaired) electrons. The summed E-state index contributed by atoms with van der Waals surface area (Å²) in [7, 11) is 1.62. The fourth-order valence-electron chi connectivity index (χ4n) is 3.36. The highest BCUT2D eigenvalue weighted by molar-refractivity contribution is 5.78. The first-order valence-corrected chi connectivity index (χ1v) is 9.14. The van der Waals surface area contributed by atoms with Crippen molar-refractivity contribution in [2.24, 2.45) is 5.92 Å². The average molecular weight is 379 g/mol. The van der Waals surface area contributed by atoms with Gasteiger partial charge in [0.1, 0.15) is 18.0 Å². The van der Waals surface area contributed by atoms with Crippen LogP contribution in [-0.2, 0) is 17.8 Å². The van der Waals surface area contributed by atoms with Gasteiger partial charge in [-0.3, -0.25) is 14.2 Å². The number of methoxy groups -OCH3 is 1. The number of nitrogens with one attached hydrogen (secondary N) is 1. The lowest BCUT2D eigenvalue weighted by Crippen LogP contribution is -2.38. The van der Waals surface area contributed by atoms with Gasteiger partial charge in [-0.15, -0.1) is 0 Å². The molecule has 2 heterocycles. The molecular weight excluding hydrogens is 358 g/mol. The smallest absolute Gasteiger partial charge is 0.261 e. The second-order valence-corrected chi connectivity index (χ2v) is 6.85. The minimum absolute atomic E-state index is 0.0575. The molecule has 0 fully saturated rings. The zero-order valence-corrected chi connectivity index (χ0v) is 15.6. The zero-order valence-electron chi connectivity index (χ0n) is 15.6. The number of carbonyl (C=O) groups is 1. The molecule has 144 valence electrons. The fraction of sp³-hybridized carbons (Fsp3) is 0.286. The summed E-state index contributed by atoms with van der Waals surface area (Å²) >= 11 is 0. The first-order valence-electron chi connectivity index (χ1n) is 9.14. The zero-order chi connectivity index (χ0) is 19.5. The number of benzene rings is 2. The van der Waals surface area contributed by atoms with Crippen molar-refractivity contribution in [1.29, 1.82) is 0 Å². The van der Waals surface area contributed by atoms with Gasteiger partial charge in [-0.2, -0.15) is 0 Å². The van der Waals surface area contributed by atoms with E-state index >= 15 is 0 Å². The molecule has 3 aromatic rings. The summed E-state index contributed by atoms with van der Waals surface area (Å²) in [6.07, 6.45) is 2.23. The average Bonchev–Trinajstić information content (AvgIpc) is 2.74. The lowest BCUT2D eigenvalue weighted by molar-refractivity contribution is -0.122. The normalized spacial score (nSPS) is 15.5. The molecule has 0 saturated heterocycles. The molecule has 1 atom stereocenters. The third kappa shape index (κ3) is 3.69. The van der Waals surface area contributed by atoms with Crippen molar-refractivity contribution in [3.05, 3.63) is 64.7 Å². The molecule has 1 amide bonds. The molecule has 7 nitrogen and oxygen atoms in total. The Morgan fingerprint density at radius 2 is 2.18 bits per heavy atom. The Kier molecular flexibility index (Phi) is 4.97. The lowest BCUT2D eigenvalue weighted by atomic mass is 9.96. The van der Waals surface area contributed by atoms with Gasteiger partial charge >= 0.3 is 0 Å². The summed E-state index contributed by atoms with van der Waals surface area (Å²) in [5, 5.41) is 3.40. The van der Waals surface area contributed by atoms with Crippen molar-refractivity contribution in [3.8, 4) is 11.5 Å². The van der Waals surface area contributed by atoms with Crippen LogP contribution in [0.1, 0.15) is 5.56 Å². The number of para-hydroxylation sites is 1. The Hall–Kier alpha value is -3.35. The van der Waals surface area contributed by atoms with E-state index in [9.17, 15) is 9.59 Å². The molecule has 4 rings (SSSR count). The fourth-order valence-corrected chi connectivity index (χ4v) is 3.36. The maximum Gasteiger partial charge on any atom is 0.261 e. The highest BCUT2D eigenvalue weighted by atomic mass is 16.5. The largest absolute Gasteiger partial charge is 0.497 e. The van der Waals surface area contributed by atoms with Crippen LogP contribution in [0.25, 0.3) is 10.9 Å². The van der Waals surface area contributed by atoms with Crippen LogP contribution >= 0.6 is 0 Å². The number of ether oxygens (including phenoxy) is 2. The van der Waals surface area contributed by atoms with E-state index in [-0.39, 0.29) is 23.9 Å². The third-order valence-electron chi connectivity index (χ3n) is 4.89. The quantitative estimate of drug-likeness (QED) is 0.731. The molecule has 28 heavy (non-hydrogen) atoms. The third-order valence-corrected chi connectivity index (χ3v) is 4.89. The van der Waals surface area contributed by atoms with E-state index < -0.39 is 0 Å². The van der Waals surface area contributed by atoms with Crippen LogP contribution in [0.2, 0.25) is 0 Å². The van der Waals surface area contributed by atoms with E-state index in [1.165, 1.54) is 10.9 Å². The number of fused-ring (bicyclic) bond motifs is 2. The van der Waals surface area contributed by atoms with E-state index in [1.807, 2.05) is 24.3 Å². The number of amides is 1. The van der Waals surface area contributed by atoms with E-state index in [0.29, 0.717) is 24.1 Å². The van der Waals surface area contributed by atoms with Crippen molar-refractivity contribution in [2.45, 2.75) is 13.0 Å². The molecule has 1 aromatic heterocycles. The molecule has 7 heteroatoms. The van der Waals surface area contributed by atoms with Crippen molar-refractivity contribution in [2.75, 3.05) is 20.3 Å². The molecule has 1 aliphatic rings. The van der Waals surface area contributed by atoms with E-state index in [2.05, 4.69) is 10.3 Å². The summed E-state index contributed by atoms with van der Waals surface area (Å²) in [6.45, 7) is 0.954. The van der Waals surface area contributed by atoms with Gasteiger partial charge < -0.3 is 14.8 Å². The number of carbonyl (C=O) groups excluding carboxylic acids is 1. The van der Waals surface area contributed by atoms with Crippen molar-refractivity contribution < 1.29 is 14.3 Å². The number of nitrogens with zero attached hydrogens (tertiary/aromatic N) is 2. The Labute approximate surface area is 161 Å². The van der Waals surface area contributed by atoms with Crippen LogP contribution in [0.4, 0.5) is 0 Å². The predicted octanol–water partition coefficient (Wildman–Crippen LogP) is 1.77. The van der Waals surface area contributed by atoms with Gasteiger partial charge in [-0.25, -0.2) is 4.98 Å². The number of rotatable bonds is 5. The highest BCUT2D eigenvalue weighted by Crippen LogP contribution is 2.30. The van der Waals surface area contributed by atoms with E-state index in [1.54, 1.807) is 25.3 Å². The van der Waals surface area contributed by atoms with Gasteiger partial charge in [0.25, 0.3) is 5.56 Å². The highest BCUT2D eigenvalue weighted by Gasteiger charge is 2.21. The van der Waals surface area contributed by atoms with Gasteiger partial charge in [0, 0.05) is 18.5 Å². The molecule has 0 saturated carbocycles. The molecule has 0 bridgehead atoms. The molecule has 1 unspecified atom stereocenters. The van der Waals surface area contributed by atoms with Crippen LogP contribution in [0.5, 0.6) is 11.5 Å². The first kappa shape index (κ1) is 18.0. The Morgan fingerprint density at radius 3 is 3.04 bits per heavy atom. The summed E-state index contributed by atoms with van der Waals surface area (Å²) in [4.78, 5) is 29.0. The second kappa shape index (κ2) is 7.72. The van der Waals surface area contributed by atoms with Gasteiger partial charge in [0.2, 0.25) is 5.91 Å². The molecular formula is C21H21N3O4. The Bertz CT molecular complexity index is 1080. The van der Waals surface area contributed by atoms with Gasteiger partial charge in [-0.05, 0) is 30.2 Å². The summed E-state index contributed by atoms with van der Waals surface area (Å²) in [5.41, 5.74) is 1.50. The SMILES string of the molecule is COc1ccc2c(c1)OCC(CNC(=O)Cn1cnc3ccccc3c1=O)C2. The second-order valence-electron chi connectivity index (χ2n) is 6.85. The molecule has 2 aromatic carbocycles. The first-order chi connectivity index (χ1) is 13.6. The predicted molar refractivity (Wildman–Crippen MR) is 105 cm³/mol. The minimum Gasteiger partial charge on any atom is -0.497 e. The molecule has 1 aliphatic heterocycles. The Morgan fingerprint density at radius 1 is 1.32 bits per heavy atom. The number of hydrogen-bond acceptors (Lipinski definition) is 5. The maximum atomic E-state index is 12.5. The topological polar surface area (TPSA) is 82.4 Å².